The molecular weight excluding hydrogens is 266 g/mol. The molecule has 0 saturated heterocycles. The first-order valence-corrected chi connectivity index (χ1v) is 6.74. The van der Waals surface area contributed by atoms with Crippen LogP contribution < -0.4 is 0 Å². The van der Waals surface area contributed by atoms with Crippen molar-refractivity contribution in [1.82, 2.24) is 14.3 Å². The number of hydrogen-bond donors (Lipinski definition) is 0. The Bertz CT molecular complexity index is 814. The quantitative estimate of drug-likeness (QED) is 0.694. The minimum Gasteiger partial charge on any atom is -0.465 e. The van der Waals surface area contributed by atoms with E-state index >= 15 is 0 Å². The molecule has 1 aromatic carbocycles. The Labute approximate surface area is 122 Å². The van der Waals surface area contributed by atoms with Gasteiger partial charge in [-0.2, -0.15) is 5.10 Å². The van der Waals surface area contributed by atoms with E-state index < -0.39 is 0 Å². The summed E-state index contributed by atoms with van der Waals surface area (Å²) in [5.41, 5.74) is 4.06. The van der Waals surface area contributed by atoms with Crippen LogP contribution in [-0.4, -0.2) is 27.4 Å². The maximum atomic E-state index is 11.4. The molecule has 3 rings (SSSR count). The third kappa shape index (κ3) is 2.42. The van der Waals surface area contributed by atoms with Crippen LogP contribution in [0.5, 0.6) is 0 Å². The Morgan fingerprint density at radius 1 is 1.33 bits per heavy atom. The van der Waals surface area contributed by atoms with Gasteiger partial charge in [0, 0.05) is 29.8 Å². The van der Waals surface area contributed by atoms with E-state index in [1.54, 1.807) is 10.9 Å². The average molecular weight is 283 g/mol. The Morgan fingerprint density at radius 3 is 2.90 bits per heavy atom. The Balaban J connectivity index is 1.87. The molecule has 0 bridgehead atoms. The number of carbonyl (C=O) groups excluding carboxylic acids is 1. The Kier molecular flexibility index (Phi) is 3.25. The van der Waals surface area contributed by atoms with E-state index in [0.29, 0.717) is 12.1 Å². The molecular formula is C16H17N3O2. The van der Waals surface area contributed by atoms with Gasteiger partial charge in [-0.25, -0.2) is 4.79 Å². The van der Waals surface area contributed by atoms with Gasteiger partial charge in [0.15, 0.2) is 0 Å². The van der Waals surface area contributed by atoms with Gasteiger partial charge in [0.1, 0.15) is 0 Å². The number of rotatable bonds is 3. The standard InChI is InChI=1S/C16H17N3O2/c1-11-6-13-7-12(4-5-15(13)18(11)2)9-19-10-14(8-17-19)16(20)21-3/h4-8,10H,9H2,1-3H3. The first kappa shape index (κ1) is 13.4. The van der Waals surface area contributed by atoms with Crippen molar-refractivity contribution in [3.05, 3.63) is 53.5 Å². The van der Waals surface area contributed by atoms with E-state index in [0.717, 1.165) is 5.56 Å². The highest BCUT2D eigenvalue weighted by Gasteiger charge is 2.09. The zero-order chi connectivity index (χ0) is 15.0. The van der Waals surface area contributed by atoms with Crippen molar-refractivity contribution in [1.29, 1.82) is 0 Å². The van der Waals surface area contributed by atoms with Crippen LogP contribution in [0.1, 0.15) is 21.6 Å². The van der Waals surface area contributed by atoms with Crippen LogP contribution >= 0.6 is 0 Å². The van der Waals surface area contributed by atoms with Gasteiger partial charge in [0.25, 0.3) is 0 Å². The first-order valence-electron chi connectivity index (χ1n) is 6.74. The SMILES string of the molecule is COC(=O)c1cnn(Cc2ccc3c(c2)cc(C)n3C)c1. The van der Waals surface area contributed by atoms with Crippen LogP contribution in [0.3, 0.4) is 0 Å². The predicted octanol–water partition coefficient (Wildman–Crippen LogP) is 2.52. The largest absolute Gasteiger partial charge is 0.465 e. The molecule has 108 valence electrons. The van der Waals surface area contributed by atoms with E-state index in [9.17, 15) is 4.79 Å². The van der Waals surface area contributed by atoms with Crippen molar-refractivity contribution >= 4 is 16.9 Å². The van der Waals surface area contributed by atoms with Crippen molar-refractivity contribution in [2.75, 3.05) is 7.11 Å². The third-order valence-corrected chi connectivity index (χ3v) is 3.75. The number of methoxy groups -OCH3 is 1. The van der Waals surface area contributed by atoms with E-state index in [4.69, 9.17) is 0 Å². The summed E-state index contributed by atoms with van der Waals surface area (Å²) in [4.78, 5) is 11.4. The van der Waals surface area contributed by atoms with Crippen molar-refractivity contribution in [3.8, 4) is 0 Å². The summed E-state index contributed by atoms with van der Waals surface area (Å²) in [6.07, 6.45) is 3.23. The van der Waals surface area contributed by atoms with Crippen LogP contribution in [-0.2, 0) is 18.3 Å². The number of aryl methyl sites for hydroxylation is 2. The smallest absolute Gasteiger partial charge is 0.341 e. The van der Waals surface area contributed by atoms with Gasteiger partial charge in [0.2, 0.25) is 0 Å². The molecule has 5 nitrogen and oxygen atoms in total. The number of nitrogens with zero attached hydrogens (tertiary/aromatic N) is 3. The van der Waals surface area contributed by atoms with Crippen molar-refractivity contribution < 1.29 is 9.53 Å². The fraction of sp³-hybridized carbons (Fsp3) is 0.250. The second-order valence-electron chi connectivity index (χ2n) is 5.16. The molecule has 0 amide bonds. The van der Waals surface area contributed by atoms with E-state index in [1.807, 2.05) is 0 Å². The fourth-order valence-corrected chi connectivity index (χ4v) is 2.50. The number of hydrogen-bond acceptors (Lipinski definition) is 3. The first-order chi connectivity index (χ1) is 10.1. The molecule has 0 saturated carbocycles. The lowest BCUT2D eigenvalue weighted by molar-refractivity contribution is 0.0600. The van der Waals surface area contributed by atoms with E-state index in [-0.39, 0.29) is 5.97 Å². The lowest BCUT2D eigenvalue weighted by Gasteiger charge is -2.03. The summed E-state index contributed by atoms with van der Waals surface area (Å²) in [6, 6.07) is 8.52. The van der Waals surface area contributed by atoms with Crippen LogP contribution in [0, 0.1) is 6.92 Å². The van der Waals surface area contributed by atoms with Crippen LogP contribution in [0.2, 0.25) is 0 Å². The number of ether oxygens (including phenoxy) is 1. The molecule has 0 N–H and O–H groups in total. The van der Waals surface area contributed by atoms with Gasteiger partial charge >= 0.3 is 5.97 Å². The minimum absolute atomic E-state index is 0.365. The molecule has 0 unspecified atom stereocenters. The molecule has 3 aromatic rings. The Hall–Kier alpha value is -2.56. The van der Waals surface area contributed by atoms with E-state index in [2.05, 4.69) is 52.6 Å². The summed E-state index contributed by atoms with van der Waals surface area (Å²) < 4.78 is 8.59. The maximum Gasteiger partial charge on any atom is 0.341 e. The van der Waals surface area contributed by atoms with Crippen LogP contribution in [0.4, 0.5) is 0 Å². The number of fused-ring (bicyclic) bond motifs is 1. The average Bonchev–Trinajstić information content (AvgIpc) is 3.04. The van der Waals surface area contributed by atoms with Crippen molar-refractivity contribution in [3.63, 3.8) is 0 Å². The number of carbonyl (C=O) groups is 1. The molecule has 0 radical (unpaired) electrons. The van der Waals surface area contributed by atoms with Gasteiger partial charge in [0.05, 0.1) is 25.4 Å². The van der Waals surface area contributed by atoms with Crippen LogP contribution in [0.15, 0.2) is 36.7 Å². The lowest BCUT2D eigenvalue weighted by Crippen LogP contribution is -2.01. The topological polar surface area (TPSA) is 49.0 Å². The number of benzene rings is 1. The third-order valence-electron chi connectivity index (χ3n) is 3.75. The van der Waals surface area contributed by atoms with E-state index in [1.165, 1.54) is 29.9 Å². The summed E-state index contributed by atoms with van der Waals surface area (Å²) >= 11 is 0. The summed E-state index contributed by atoms with van der Waals surface area (Å²) in [7, 11) is 3.43. The Morgan fingerprint density at radius 2 is 2.14 bits per heavy atom. The van der Waals surface area contributed by atoms with Gasteiger partial charge in [-0.15, -0.1) is 0 Å². The summed E-state index contributed by atoms with van der Waals surface area (Å²) in [5.74, 6) is -0.365. The molecule has 0 fully saturated rings. The molecule has 2 heterocycles. The fourth-order valence-electron chi connectivity index (χ4n) is 2.50. The highest BCUT2D eigenvalue weighted by molar-refractivity contribution is 5.88. The predicted molar refractivity (Wildman–Crippen MR) is 80.3 cm³/mol. The number of aromatic nitrogens is 3. The maximum absolute atomic E-state index is 11.4. The lowest BCUT2D eigenvalue weighted by atomic mass is 10.1. The highest BCUT2D eigenvalue weighted by Crippen LogP contribution is 2.20. The zero-order valence-corrected chi connectivity index (χ0v) is 12.3. The highest BCUT2D eigenvalue weighted by atomic mass is 16.5. The monoisotopic (exact) mass is 283 g/mol. The van der Waals surface area contributed by atoms with Crippen molar-refractivity contribution in [2.45, 2.75) is 13.5 Å². The van der Waals surface area contributed by atoms with Crippen LogP contribution in [0.25, 0.3) is 10.9 Å². The molecule has 0 aliphatic heterocycles. The molecule has 0 aliphatic carbocycles. The normalized spacial score (nSPS) is 11.0. The summed E-state index contributed by atoms with van der Waals surface area (Å²) in [5, 5.41) is 5.41. The second kappa shape index (κ2) is 5.09. The minimum atomic E-state index is -0.365. The van der Waals surface area contributed by atoms with Gasteiger partial charge in [-0.1, -0.05) is 6.07 Å². The zero-order valence-electron chi connectivity index (χ0n) is 12.3. The molecule has 0 aliphatic rings. The molecule has 2 aromatic heterocycles. The second-order valence-corrected chi connectivity index (χ2v) is 5.16. The number of esters is 1. The molecule has 0 spiro atoms. The van der Waals surface area contributed by atoms with Gasteiger partial charge in [-0.3, -0.25) is 4.68 Å². The van der Waals surface area contributed by atoms with Gasteiger partial charge in [-0.05, 0) is 30.7 Å². The molecule has 5 heteroatoms. The molecule has 21 heavy (non-hydrogen) atoms. The molecule has 0 atom stereocenters. The van der Waals surface area contributed by atoms with Gasteiger partial charge < -0.3 is 9.30 Å². The van der Waals surface area contributed by atoms with Crippen molar-refractivity contribution in [2.24, 2.45) is 7.05 Å². The summed E-state index contributed by atoms with van der Waals surface area (Å²) in [6.45, 7) is 2.72.